The first-order valence-electron chi connectivity index (χ1n) is 13.5. The van der Waals surface area contributed by atoms with Crippen LogP contribution in [0.4, 0.5) is 0 Å². The molecular formula is C27H50N4O8. The monoisotopic (exact) mass is 558 g/mol. The highest BCUT2D eigenvalue weighted by atomic mass is 16.6. The minimum Gasteiger partial charge on any atom is -0.468 e. The molecule has 1 heterocycles. The molecule has 0 atom stereocenters. The molecule has 0 bridgehead atoms. The Morgan fingerprint density at radius 3 is 1.41 bits per heavy atom. The molecule has 12 heteroatoms. The first-order valence-corrected chi connectivity index (χ1v) is 13.5. The molecule has 0 aromatic carbocycles. The summed E-state index contributed by atoms with van der Waals surface area (Å²) in [5.74, 6) is -3.65. The zero-order valence-electron chi connectivity index (χ0n) is 25.5. The standard InChI is InChI=1S/C27H50N4O8/c1-24(2,3)37-21(33)27(22(34)38-25(4,5)6,23(35)39-26(7,8)9)31-16-14-29-12-11-28-13-15-30(17-18-31)19-20(32)36-10/h28-29H,11-19H2,1-10H3. The fourth-order valence-corrected chi connectivity index (χ4v) is 3.80. The van der Waals surface area contributed by atoms with Crippen LogP contribution >= 0.6 is 0 Å². The molecule has 0 saturated carbocycles. The maximum absolute atomic E-state index is 14.0. The number of hydrogen-bond donors (Lipinski definition) is 2. The summed E-state index contributed by atoms with van der Waals surface area (Å²) in [6.45, 7) is 18.1. The first kappa shape index (κ1) is 34.7. The predicted octanol–water partition coefficient (Wildman–Crippen LogP) is 0.720. The number of ether oxygens (including phenoxy) is 4. The van der Waals surface area contributed by atoms with Gasteiger partial charge in [0.2, 0.25) is 0 Å². The number of hydrogen-bond acceptors (Lipinski definition) is 12. The Bertz CT molecular complexity index is 773. The van der Waals surface area contributed by atoms with Crippen LogP contribution in [-0.2, 0) is 38.1 Å². The quantitative estimate of drug-likeness (QED) is 0.270. The normalized spacial score (nSPS) is 17.8. The lowest BCUT2D eigenvalue weighted by molar-refractivity contribution is -0.201. The van der Waals surface area contributed by atoms with Gasteiger partial charge in [0, 0.05) is 52.4 Å². The Kier molecular flexibility index (Phi) is 12.8. The van der Waals surface area contributed by atoms with Crippen LogP contribution in [0.3, 0.4) is 0 Å². The molecule has 2 N–H and O–H groups in total. The van der Waals surface area contributed by atoms with Crippen molar-refractivity contribution in [3.8, 4) is 0 Å². The van der Waals surface area contributed by atoms with E-state index in [0.29, 0.717) is 32.7 Å². The van der Waals surface area contributed by atoms with E-state index in [0.717, 1.165) is 0 Å². The van der Waals surface area contributed by atoms with E-state index < -0.39 is 46.2 Å². The molecule has 1 aliphatic heterocycles. The van der Waals surface area contributed by atoms with E-state index in [2.05, 4.69) is 10.6 Å². The van der Waals surface area contributed by atoms with E-state index in [-0.39, 0.29) is 26.2 Å². The zero-order valence-corrected chi connectivity index (χ0v) is 25.5. The third-order valence-corrected chi connectivity index (χ3v) is 5.47. The van der Waals surface area contributed by atoms with Gasteiger partial charge in [0.1, 0.15) is 16.8 Å². The lowest BCUT2D eigenvalue weighted by atomic mass is 9.94. The van der Waals surface area contributed by atoms with E-state index >= 15 is 0 Å². The van der Waals surface area contributed by atoms with Gasteiger partial charge in [-0.15, -0.1) is 0 Å². The van der Waals surface area contributed by atoms with Crippen LogP contribution in [0, 0.1) is 0 Å². The summed E-state index contributed by atoms with van der Waals surface area (Å²) in [5.41, 5.74) is -5.59. The minimum atomic E-state index is -2.55. The Labute approximate surface area is 233 Å². The van der Waals surface area contributed by atoms with Crippen LogP contribution in [0.25, 0.3) is 0 Å². The van der Waals surface area contributed by atoms with Gasteiger partial charge < -0.3 is 29.6 Å². The summed E-state index contributed by atoms with van der Waals surface area (Å²) in [7, 11) is 1.31. The third-order valence-electron chi connectivity index (χ3n) is 5.47. The molecule has 0 unspecified atom stereocenters. The molecule has 1 rings (SSSR count). The number of esters is 4. The van der Waals surface area contributed by atoms with Gasteiger partial charge in [-0.2, -0.15) is 0 Å². The maximum atomic E-state index is 14.0. The van der Waals surface area contributed by atoms with Crippen LogP contribution in [0.5, 0.6) is 0 Å². The third kappa shape index (κ3) is 11.8. The van der Waals surface area contributed by atoms with Crippen LogP contribution in [0.15, 0.2) is 0 Å². The van der Waals surface area contributed by atoms with E-state index in [1.54, 1.807) is 62.3 Å². The highest BCUT2D eigenvalue weighted by Crippen LogP contribution is 2.29. The van der Waals surface area contributed by atoms with Crippen molar-refractivity contribution >= 4 is 23.9 Å². The summed E-state index contributed by atoms with van der Waals surface area (Å²) in [6, 6.07) is 0. The topological polar surface area (TPSA) is 136 Å². The van der Waals surface area contributed by atoms with Crippen molar-refractivity contribution in [2.24, 2.45) is 0 Å². The summed E-state index contributed by atoms with van der Waals surface area (Å²) < 4.78 is 22.0. The van der Waals surface area contributed by atoms with Crippen LogP contribution in [0.1, 0.15) is 62.3 Å². The summed E-state index contributed by atoms with van der Waals surface area (Å²) in [6.07, 6.45) is 0. The Balaban J connectivity index is 3.74. The van der Waals surface area contributed by atoms with Gasteiger partial charge in [-0.1, -0.05) is 0 Å². The Morgan fingerprint density at radius 2 is 1.03 bits per heavy atom. The molecule has 0 spiro atoms. The number of carbonyl (C=O) groups excluding carboxylic acids is 4. The second-order valence-corrected chi connectivity index (χ2v) is 12.6. The lowest BCUT2D eigenvalue weighted by Crippen LogP contribution is -2.70. The van der Waals surface area contributed by atoms with Gasteiger partial charge >= 0.3 is 29.4 Å². The van der Waals surface area contributed by atoms with Gasteiger partial charge in [-0.3, -0.25) is 14.6 Å². The molecule has 0 radical (unpaired) electrons. The van der Waals surface area contributed by atoms with Crippen LogP contribution in [-0.4, -0.2) is 122 Å². The number of rotatable bonds is 6. The summed E-state index contributed by atoms with van der Waals surface area (Å²) in [5, 5.41) is 6.58. The second-order valence-electron chi connectivity index (χ2n) is 12.6. The van der Waals surface area contributed by atoms with Gasteiger partial charge in [-0.25, -0.2) is 14.4 Å². The number of methoxy groups -OCH3 is 1. The SMILES string of the molecule is COC(=O)CN1CCNCCNCCN(C(C(=O)OC(C)(C)C)(C(=O)OC(C)(C)C)C(=O)OC(C)(C)C)CC1. The van der Waals surface area contributed by atoms with Crippen molar-refractivity contribution in [2.45, 2.75) is 84.7 Å². The van der Waals surface area contributed by atoms with E-state index in [9.17, 15) is 19.2 Å². The first-order chi connectivity index (χ1) is 17.8. The zero-order chi connectivity index (χ0) is 30.1. The molecule has 0 aromatic heterocycles. The summed E-state index contributed by atoms with van der Waals surface area (Å²) >= 11 is 0. The molecule has 0 aromatic rings. The van der Waals surface area contributed by atoms with Gasteiger partial charge in [0.15, 0.2) is 0 Å². The number of nitrogens with zero attached hydrogens (tertiary/aromatic N) is 2. The number of nitrogens with one attached hydrogen (secondary N) is 2. The average Bonchev–Trinajstić information content (AvgIpc) is 2.73. The van der Waals surface area contributed by atoms with Crippen molar-refractivity contribution in [2.75, 3.05) is 66.0 Å². The fraction of sp³-hybridized carbons (Fsp3) is 0.852. The molecule has 0 aliphatic carbocycles. The highest BCUT2D eigenvalue weighted by molar-refractivity contribution is 6.23. The number of carbonyl (C=O) groups is 4. The lowest BCUT2D eigenvalue weighted by Gasteiger charge is -2.42. The fourth-order valence-electron chi connectivity index (χ4n) is 3.80. The minimum absolute atomic E-state index is 0.00256. The molecule has 226 valence electrons. The molecule has 1 aliphatic rings. The summed E-state index contributed by atoms with van der Waals surface area (Å²) in [4.78, 5) is 57.5. The molecule has 39 heavy (non-hydrogen) atoms. The Morgan fingerprint density at radius 1 is 0.615 bits per heavy atom. The van der Waals surface area contributed by atoms with Crippen molar-refractivity contribution in [1.29, 1.82) is 0 Å². The predicted molar refractivity (Wildman–Crippen MR) is 146 cm³/mol. The van der Waals surface area contributed by atoms with Crippen LogP contribution < -0.4 is 10.6 Å². The van der Waals surface area contributed by atoms with Gasteiger partial charge in [0.25, 0.3) is 0 Å². The molecular weight excluding hydrogens is 508 g/mol. The van der Waals surface area contributed by atoms with Crippen molar-refractivity contribution in [3.63, 3.8) is 0 Å². The van der Waals surface area contributed by atoms with E-state index in [1.807, 2.05) is 4.90 Å². The van der Waals surface area contributed by atoms with Crippen LogP contribution in [0.2, 0.25) is 0 Å². The van der Waals surface area contributed by atoms with E-state index in [4.69, 9.17) is 18.9 Å². The molecule has 1 fully saturated rings. The van der Waals surface area contributed by atoms with Gasteiger partial charge in [-0.05, 0) is 62.3 Å². The van der Waals surface area contributed by atoms with Gasteiger partial charge in [0.05, 0.1) is 13.7 Å². The van der Waals surface area contributed by atoms with Crippen molar-refractivity contribution in [3.05, 3.63) is 0 Å². The highest BCUT2D eigenvalue weighted by Gasteiger charge is 2.63. The molecule has 12 nitrogen and oxygen atoms in total. The largest absolute Gasteiger partial charge is 0.468 e. The van der Waals surface area contributed by atoms with Crippen molar-refractivity contribution in [1.82, 2.24) is 20.4 Å². The smallest absolute Gasteiger partial charge is 0.350 e. The molecule has 0 amide bonds. The molecule has 1 saturated heterocycles. The second kappa shape index (κ2) is 14.4. The van der Waals surface area contributed by atoms with Crippen molar-refractivity contribution < 1.29 is 38.1 Å². The van der Waals surface area contributed by atoms with E-state index in [1.165, 1.54) is 12.0 Å². The maximum Gasteiger partial charge on any atom is 0.350 e. The average molecular weight is 559 g/mol. The Hall–Kier alpha value is -2.28.